The van der Waals surface area contributed by atoms with Gasteiger partial charge in [0, 0.05) is 24.8 Å². The molecule has 0 aromatic heterocycles. The molecule has 2 unspecified atom stereocenters. The lowest BCUT2D eigenvalue weighted by atomic mass is 9.99. The van der Waals surface area contributed by atoms with Gasteiger partial charge in [0.1, 0.15) is 0 Å². The molecule has 19 heavy (non-hydrogen) atoms. The van der Waals surface area contributed by atoms with E-state index in [0.29, 0.717) is 17.6 Å². The molecule has 2 atom stereocenters. The van der Waals surface area contributed by atoms with E-state index in [1.165, 1.54) is 0 Å². The number of carbonyl (C=O) groups is 1. The van der Waals surface area contributed by atoms with E-state index in [4.69, 9.17) is 9.84 Å². The second-order valence-electron chi connectivity index (χ2n) is 5.08. The molecule has 104 valence electrons. The Morgan fingerprint density at radius 2 is 2.32 bits per heavy atom. The van der Waals surface area contributed by atoms with E-state index in [-0.39, 0.29) is 0 Å². The molecule has 1 aromatic carbocycles. The number of aryl methyl sites for hydroxylation is 1. The topological polar surface area (TPSA) is 58.6 Å². The van der Waals surface area contributed by atoms with Gasteiger partial charge in [-0.3, -0.25) is 0 Å². The summed E-state index contributed by atoms with van der Waals surface area (Å²) in [7, 11) is 0. The minimum Gasteiger partial charge on any atom is -0.478 e. The molecule has 4 nitrogen and oxygen atoms in total. The lowest BCUT2D eigenvalue weighted by Gasteiger charge is -2.18. The Kier molecular flexibility index (Phi) is 4.43. The summed E-state index contributed by atoms with van der Waals surface area (Å²) in [6.07, 6.45) is 2.49. The molecule has 2 rings (SSSR count). The van der Waals surface area contributed by atoms with Crippen LogP contribution in [0.5, 0.6) is 0 Å². The van der Waals surface area contributed by atoms with Crippen molar-refractivity contribution in [1.82, 2.24) is 0 Å². The van der Waals surface area contributed by atoms with Crippen molar-refractivity contribution in [3.8, 4) is 0 Å². The van der Waals surface area contributed by atoms with Crippen LogP contribution in [0.3, 0.4) is 0 Å². The van der Waals surface area contributed by atoms with Gasteiger partial charge in [0.15, 0.2) is 0 Å². The SMILES string of the molecule is CCC1OCCC1CNc1ccc(C(=O)O)c(C)c1. The molecule has 0 spiro atoms. The normalized spacial score (nSPS) is 22.4. The highest BCUT2D eigenvalue weighted by Crippen LogP contribution is 2.24. The predicted octanol–water partition coefficient (Wildman–Crippen LogP) is 2.92. The Bertz CT molecular complexity index is 459. The first-order valence-electron chi connectivity index (χ1n) is 6.81. The summed E-state index contributed by atoms with van der Waals surface area (Å²) in [6.45, 7) is 5.70. The maximum absolute atomic E-state index is 10.9. The minimum absolute atomic E-state index is 0.354. The zero-order chi connectivity index (χ0) is 13.8. The van der Waals surface area contributed by atoms with E-state index in [0.717, 1.165) is 37.2 Å². The van der Waals surface area contributed by atoms with E-state index < -0.39 is 5.97 Å². The summed E-state index contributed by atoms with van der Waals surface area (Å²) in [4.78, 5) is 10.9. The van der Waals surface area contributed by atoms with E-state index in [1.807, 2.05) is 19.1 Å². The summed E-state index contributed by atoms with van der Waals surface area (Å²) in [6, 6.07) is 5.37. The van der Waals surface area contributed by atoms with Crippen molar-refractivity contribution in [3.05, 3.63) is 29.3 Å². The molecule has 1 heterocycles. The van der Waals surface area contributed by atoms with E-state index >= 15 is 0 Å². The maximum atomic E-state index is 10.9. The fourth-order valence-corrected chi connectivity index (χ4v) is 2.64. The van der Waals surface area contributed by atoms with Gasteiger partial charge >= 0.3 is 5.97 Å². The van der Waals surface area contributed by atoms with Crippen LogP contribution in [0, 0.1) is 12.8 Å². The van der Waals surface area contributed by atoms with Crippen LogP contribution in [0.25, 0.3) is 0 Å². The lowest BCUT2D eigenvalue weighted by Crippen LogP contribution is -2.22. The highest BCUT2D eigenvalue weighted by molar-refractivity contribution is 5.89. The van der Waals surface area contributed by atoms with Crippen molar-refractivity contribution in [2.45, 2.75) is 32.8 Å². The third-order valence-electron chi connectivity index (χ3n) is 3.77. The third-order valence-corrected chi connectivity index (χ3v) is 3.77. The first-order valence-corrected chi connectivity index (χ1v) is 6.81. The van der Waals surface area contributed by atoms with Crippen LogP contribution in [-0.2, 0) is 4.74 Å². The minimum atomic E-state index is -0.876. The monoisotopic (exact) mass is 263 g/mol. The summed E-state index contributed by atoms with van der Waals surface area (Å²) in [5.74, 6) is -0.330. The third kappa shape index (κ3) is 3.26. The zero-order valence-corrected chi connectivity index (χ0v) is 11.5. The number of carboxylic acids is 1. The van der Waals surface area contributed by atoms with Crippen molar-refractivity contribution in [2.24, 2.45) is 5.92 Å². The highest BCUT2D eigenvalue weighted by atomic mass is 16.5. The highest BCUT2D eigenvalue weighted by Gasteiger charge is 2.26. The number of hydrogen-bond acceptors (Lipinski definition) is 3. The van der Waals surface area contributed by atoms with Crippen molar-refractivity contribution in [3.63, 3.8) is 0 Å². The molecule has 1 aliphatic heterocycles. The molecule has 0 amide bonds. The molecule has 1 aromatic rings. The number of carboxylic acid groups (broad SMARTS) is 1. The Labute approximate surface area is 113 Å². The predicted molar refractivity (Wildman–Crippen MR) is 74.8 cm³/mol. The van der Waals surface area contributed by atoms with Crippen molar-refractivity contribution < 1.29 is 14.6 Å². The van der Waals surface area contributed by atoms with Crippen LogP contribution in [-0.4, -0.2) is 30.3 Å². The van der Waals surface area contributed by atoms with Crippen molar-refractivity contribution in [2.75, 3.05) is 18.5 Å². The molecule has 0 saturated carbocycles. The Morgan fingerprint density at radius 1 is 1.53 bits per heavy atom. The molecule has 4 heteroatoms. The molecule has 0 aliphatic carbocycles. The standard InChI is InChI=1S/C15H21NO3/c1-3-14-11(6-7-19-14)9-16-12-4-5-13(15(17)18)10(2)8-12/h4-5,8,11,14,16H,3,6-7,9H2,1-2H3,(H,17,18). The van der Waals surface area contributed by atoms with Crippen LogP contribution in [0.2, 0.25) is 0 Å². The van der Waals surface area contributed by atoms with Crippen LogP contribution in [0.4, 0.5) is 5.69 Å². The van der Waals surface area contributed by atoms with E-state index in [9.17, 15) is 4.79 Å². The van der Waals surface area contributed by atoms with Gasteiger partial charge in [-0.15, -0.1) is 0 Å². The Balaban J connectivity index is 1.96. The average Bonchev–Trinajstić information content (AvgIpc) is 2.83. The lowest BCUT2D eigenvalue weighted by molar-refractivity contribution is 0.0696. The van der Waals surface area contributed by atoms with Gasteiger partial charge in [0.25, 0.3) is 0 Å². The van der Waals surface area contributed by atoms with Crippen LogP contribution in [0.1, 0.15) is 35.7 Å². The number of anilines is 1. The fraction of sp³-hybridized carbons (Fsp3) is 0.533. The average molecular weight is 263 g/mol. The Morgan fingerprint density at radius 3 is 2.95 bits per heavy atom. The summed E-state index contributed by atoms with van der Waals surface area (Å²) in [5.41, 5.74) is 2.12. The van der Waals surface area contributed by atoms with Gasteiger partial charge in [-0.2, -0.15) is 0 Å². The van der Waals surface area contributed by atoms with Crippen LogP contribution >= 0.6 is 0 Å². The number of aromatic carboxylic acids is 1. The number of nitrogens with one attached hydrogen (secondary N) is 1. The van der Waals surface area contributed by atoms with Crippen LogP contribution < -0.4 is 5.32 Å². The molecular formula is C15H21NO3. The molecule has 0 bridgehead atoms. The molecular weight excluding hydrogens is 242 g/mol. The maximum Gasteiger partial charge on any atom is 0.335 e. The van der Waals surface area contributed by atoms with Crippen molar-refractivity contribution in [1.29, 1.82) is 0 Å². The molecule has 1 aliphatic rings. The molecule has 1 saturated heterocycles. The first-order chi connectivity index (χ1) is 9.11. The Hall–Kier alpha value is -1.55. The van der Waals surface area contributed by atoms with Gasteiger partial charge in [-0.05, 0) is 43.5 Å². The summed E-state index contributed by atoms with van der Waals surface area (Å²) < 4.78 is 5.66. The van der Waals surface area contributed by atoms with Crippen molar-refractivity contribution >= 4 is 11.7 Å². The summed E-state index contributed by atoms with van der Waals surface area (Å²) in [5, 5.41) is 12.4. The second kappa shape index (κ2) is 6.06. The second-order valence-corrected chi connectivity index (χ2v) is 5.08. The molecule has 0 radical (unpaired) electrons. The number of hydrogen-bond donors (Lipinski definition) is 2. The van der Waals surface area contributed by atoms with Gasteiger partial charge < -0.3 is 15.2 Å². The number of ether oxygens (including phenoxy) is 1. The fourth-order valence-electron chi connectivity index (χ4n) is 2.64. The molecule has 2 N–H and O–H groups in total. The first kappa shape index (κ1) is 13.9. The number of rotatable bonds is 5. The smallest absolute Gasteiger partial charge is 0.335 e. The van der Waals surface area contributed by atoms with E-state index in [2.05, 4.69) is 12.2 Å². The van der Waals surface area contributed by atoms with Crippen LogP contribution in [0.15, 0.2) is 18.2 Å². The zero-order valence-electron chi connectivity index (χ0n) is 11.5. The number of benzene rings is 1. The van der Waals surface area contributed by atoms with Gasteiger partial charge in [0.05, 0.1) is 11.7 Å². The largest absolute Gasteiger partial charge is 0.478 e. The van der Waals surface area contributed by atoms with Gasteiger partial charge in [-0.1, -0.05) is 6.92 Å². The van der Waals surface area contributed by atoms with Gasteiger partial charge in [0.2, 0.25) is 0 Å². The molecule has 1 fully saturated rings. The summed E-state index contributed by atoms with van der Waals surface area (Å²) >= 11 is 0. The quantitative estimate of drug-likeness (QED) is 0.857. The van der Waals surface area contributed by atoms with Gasteiger partial charge in [-0.25, -0.2) is 4.79 Å². The van der Waals surface area contributed by atoms with E-state index in [1.54, 1.807) is 6.07 Å².